The molecule has 1 saturated heterocycles. The molecule has 0 N–H and O–H groups in total. The smallest absolute Gasteiger partial charge is 0.225 e. The van der Waals surface area contributed by atoms with Crippen molar-refractivity contribution >= 4 is 23.3 Å². The number of carbonyl (C=O) groups excluding carboxylic acids is 1. The number of anilines is 1. The number of halogens is 2. The van der Waals surface area contributed by atoms with Crippen LogP contribution in [0.2, 0.25) is 5.02 Å². The van der Waals surface area contributed by atoms with Crippen LogP contribution in [0.15, 0.2) is 30.6 Å². The number of aromatic nitrogens is 2. The lowest BCUT2D eigenvalue weighted by atomic mass is 9.88. The number of ether oxygens (including phenoxy) is 1. The summed E-state index contributed by atoms with van der Waals surface area (Å²) < 4.78 is 19.1. The van der Waals surface area contributed by atoms with E-state index in [0.717, 1.165) is 44.7 Å². The molecule has 1 aliphatic carbocycles. The van der Waals surface area contributed by atoms with Crippen LogP contribution < -0.4 is 9.64 Å². The maximum absolute atomic E-state index is 13.3. The van der Waals surface area contributed by atoms with Crippen molar-refractivity contribution in [3.63, 3.8) is 0 Å². The predicted octanol–water partition coefficient (Wildman–Crippen LogP) is 4.68. The Morgan fingerprint density at radius 1 is 1.03 bits per heavy atom. The molecule has 1 amide bonds. The first kappa shape index (κ1) is 20.8. The second-order valence-corrected chi connectivity index (χ2v) is 8.30. The van der Waals surface area contributed by atoms with Gasteiger partial charge in [-0.3, -0.25) is 4.79 Å². The third-order valence-electron chi connectivity index (χ3n) is 5.83. The molecule has 160 valence electrons. The van der Waals surface area contributed by atoms with E-state index >= 15 is 0 Å². The van der Waals surface area contributed by atoms with Gasteiger partial charge in [0.05, 0.1) is 5.02 Å². The summed E-state index contributed by atoms with van der Waals surface area (Å²) in [5.74, 6) is 1.54. The topological polar surface area (TPSA) is 58.6 Å². The van der Waals surface area contributed by atoms with Gasteiger partial charge >= 0.3 is 0 Å². The molecule has 2 fully saturated rings. The Bertz CT molecular complexity index is 891. The van der Waals surface area contributed by atoms with E-state index in [1.165, 1.54) is 43.8 Å². The maximum Gasteiger partial charge on any atom is 0.225 e. The lowest BCUT2D eigenvalue weighted by molar-refractivity contribution is -0.136. The predicted molar refractivity (Wildman–Crippen MR) is 114 cm³/mol. The first-order valence-corrected chi connectivity index (χ1v) is 11.0. The average molecular weight is 433 g/mol. The molecule has 4 rings (SSSR count). The third-order valence-corrected chi connectivity index (χ3v) is 6.12. The quantitative estimate of drug-likeness (QED) is 0.702. The first-order valence-electron chi connectivity index (χ1n) is 10.6. The number of hydrogen-bond acceptors (Lipinski definition) is 5. The Balaban J connectivity index is 1.40. The van der Waals surface area contributed by atoms with Crippen LogP contribution in [-0.2, 0) is 4.79 Å². The highest BCUT2D eigenvalue weighted by molar-refractivity contribution is 6.30. The highest BCUT2D eigenvalue weighted by atomic mass is 35.5. The highest BCUT2D eigenvalue weighted by Crippen LogP contribution is 2.28. The summed E-state index contributed by atoms with van der Waals surface area (Å²) in [6, 6.07) is 5.94. The van der Waals surface area contributed by atoms with Crippen LogP contribution >= 0.6 is 11.6 Å². The molecule has 6 nitrogen and oxygen atoms in total. The molecule has 1 aromatic carbocycles. The van der Waals surface area contributed by atoms with Gasteiger partial charge < -0.3 is 14.5 Å². The molecule has 2 heterocycles. The monoisotopic (exact) mass is 432 g/mol. The fraction of sp³-hybridized carbons (Fsp3) is 0.500. The molecule has 2 aromatic rings. The lowest BCUT2D eigenvalue weighted by Crippen LogP contribution is -2.39. The number of amides is 1. The molecule has 1 aromatic heterocycles. The van der Waals surface area contributed by atoms with E-state index in [1.54, 1.807) is 6.07 Å². The van der Waals surface area contributed by atoms with Crippen LogP contribution in [0.3, 0.4) is 0 Å². The van der Waals surface area contributed by atoms with Gasteiger partial charge in [-0.05, 0) is 31.4 Å². The Morgan fingerprint density at radius 2 is 1.87 bits per heavy atom. The molecular formula is C22H26ClFN4O2. The molecule has 1 saturated carbocycles. The van der Waals surface area contributed by atoms with Gasteiger partial charge in [0.1, 0.15) is 23.7 Å². The molecule has 0 bridgehead atoms. The van der Waals surface area contributed by atoms with Gasteiger partial charge in [0.15, 0.2) is 0 Å². The summed E-state index contributed by atoms with van der Waals surface area (Å²) in [7, 11) is 0. The van der Waals surface area contributed by atoms with Crippen molar-refractivity contribution in [2.45, 2.75) is 38.5 Å². The zero-order valence-electron chi connectivity index (χ0n) is 16.9. The van der Waals surface area contributed by atoms with Crippen LogP contribution in [-0.4, -0.2) is 47.0 Å². The summed E-state index contributed by atoms with van der Waals surface area (Å²) in [4.78, 5) is 25.6. The van der Waals surface area contributed by atoms with Crippen molar-refractivity contribution in [1.82, 2.24) is 14.9 Å². The molecule has 30 heavy (non-hydrogen) atoms. The zero-order valence-corrected chi connectivity index (χ0v) is 17.7. The van der Waals surface area contributed by atoms with E-state index < -0.39 is 5.82 Å². The van der Waals surface area contributed by atoms with Crippen LogP contribution in [0, 0.1) is 11.7 Å². The summed E-state index contributed by atoms with van der Waals surface area (Å²) in [5, 5.41) is -0.00276. The Kier molecular flexibility index (Phi) is 6.67. The van der Waals surface area contributed by atoms with Crippen molar-refractivity contribution in [2.24, 2.45) is 5.92 Å². The van der Waals surface area contributed by atoms with Gasteiger partial charge in [0.2, 0.25) is 11.8 Å². The number of benzene rings is 1. The minimum absolute atomic E-state index is 0.00276. The van der Waals surface area contributed by atoms with E-state index in [-0.39, 0.29) is 10.9 Å². The fourth-order valence-electron chi connectivity index (χ4n) is 4.19. The fourth-order valence-corrected chi connectivity index (χ4v) is 4.36. The number of hydrogen-bond donors (Lipinski definition) is 0. The van der Waals surface area contributed by atoms with Crippen LogP contribution in [0.4, 0.5) is 10.2 Å². The first-order chi connectivity index (χ1) is 14.6. The summed E-state index contributed by atoms with van der Waals surface area (Å²) in [5.41, 5.74) is 0. The van der Waals surface area contributed by atoms with Crippen LogP contribution in [0.5, 0.6) is 11.6 Å². The van der Waals surface area contributed by atoms with E-state index in [9.17, 15) is 9.18 Å². The molecule has 0 spiro atoms. The Labute approximate surface area is 181 Å². The average Bonchev–Trinajstić information content (AvgIpc) is 3.03. The van der Waals surface area contributed by atoms with Crippen LogP contribution in [0.25, 0.3) is 0 Å². The van der Waals surface area contributed by atoms with Gasteiger partial charge in [-0.1, -0.05) is 30.9 Å². The normalized spacial score (nSPS) is 18.2. The highest BCUT2D eigenvalue weighted by Gasteiger charge is 2.27. The number of rotatable bonds is 4. The Hall–Kier alpha value is -2.41. The van der Waals surface area contributed by atoms with E-state index in [1.807, 2.05) is 4.90 Å². The van der Waals surface area contributed by atoms with Crippen molar-refractivity contribution in [3.05, 3.63) is 41.4 Å². The van der Waals surface area contributed by atoms with E-state index in [2.05, 4.69) is 14.9 Å². The van der Waals surface area contributed by atoms with Gasteiger partial charge in [-0.15, -0.1) is 0 Å². The molecule has 8 heteroatoms. The van der Waals surface area contributed by atoms with Gasteiger partial charge in [-0.2, -0.15) is 0 Å². The minimum Gasteiger partial charge on any atom is -0.439 e. The molecular weight excluding hydrogens is 407 g/mol. The van der Waals surface area contributed by atoms with Gasteiger partial charge in [0.25, 0.3) is 0 Å². The standard InChI is InChI=1S/C22H26ClFN4O2/c23-18-13-17(7-8-19(18)24)30-21-14-20(25-15-26-21)27-9-4-10-28(12-11-27)22(29)16-5-2-1-3-6-16/h7-8,13-16H,1-6,9-12H2. The molecule has 0 atom stereocenters. The van der Waals surface area contributed by atoms with Crippen molar-refractivity contribution in [1.29, 1.82) is 0 Å². The van der Waals surface area contributed by atoms with Crippen molar-refractivity contribution < 1.29 is 13.9 Å². The van der Waals surface area contributed by atoms with Gasteiger partial charge in [0, 0.05) is 44.2 Å². The maximum atomic E-state index is 13.3. The lowest BCUT2D eigenvalue weighted by Gasteiger charge is -2.28. The summed E-state index contributed by atoms with van der Waals surface area (Å²) >= 11 is 5.82. The third kappa shape index (κ3) is 5.01. The number of nitrogens with zero attached hydrogens (tertiary/aromatic N) is 4. The second-order valence-electron chi connectivity index (χ2n) is 7.89. The van der Waals surface area contributed by atoms with E-state index in [0.29, 0.717) is 24.1 Å². The van der Waals surface area contributed by atoms with Crippen LogP contribution in [0.1, 0.15) is 38.5 Å². The molecule has 2 aliphatic rings. The SMILES string of the molecule is O=C(C1CCCCC1)N1CCCN(c2cc(Oc3ccc(F)c(Cl)c3)ncn2)CC1. The van der Waals surface area contributed by atoms with Crippen molar-refractivity contribution in [3.8, 4) is 11.6 Å². The zero-order chi connectivity index (χ0) is 20.9. The molecule has 0 radical (unpaired) electrons. The van der Waals surface area contributed by atoms with E-state index in [4.69, 9.17) is 16.3 Å². The largest absolute Gasteiger partial charge is 0.439 e. The minimum atomic E-state index is -0.496. The molecule has 1 aliphatic heterocycles. The van der Waals surface area contributed by atoms with Gasteiger partial charge in [-0.25, -0.2) is 14.4 Å². The second kappa shape index (κ2) is 9.60. The Morgan fingerprint density at radius 3 is 2.67 bits per heavy atom. The van der Waals surface area contributed by atoms with Crippen molar-refractivity contribution in [2.75, 3.05) is 31.1 Å². The summed E-state index contributed by atoms with van der Waals surface area (Å²) in [6.45, 7) is 3.02. The summed E-state index contributed by atoms with van der Waals surface area (Å²) in [6.07, 6.45) is 7.98. The molecule has 0 unspecified atom stereocenters. The number of carbonyl (C=O) groups is 1.